The summed E-state index contributed by atoms with van der Waals surface area (Å²) < 4.78 is 10.6. The molecule has 1 amide bonds. The first-order chi connectivity index (χ1) is 12.2. The van der Waals surface area contributed by atoms with E-state index in [1.165, 1.54) is 0 Å². The highest BCUT2D eigenvalue weighted by atomic mass is 16.5. The summed E-state index contributed by atoms with van der Waals surface area (Å²) in [4.78, 5) is 12.3. The maximum atomic E-state index is 12.3. The fraction of sp³-hybridized carbons (Fsp3) is 0.158. The van der Waals surface area contributed by atoms with Gasteiger partial charge in [-0.05, 0) is 29.8 Å². The van der Waals surface area contributed by atoms with Gasteiger partial charge in [-0.15, -0.1) is 0 Å². The van der Waals surface area contributed by atoms with Gasteiger partial charge < -0.3 is 14.8 Å². The monoisotopic (exact) mass is 335 g/mol. The van der Waals surface area contributed by atoms with Crippen LogP contribution in [0, 0.1) is 0 Å². The van der Waals surface area contributed by atoms with Gasteiger partial charge in [-0.2, -0.15) is 5.10 Å². The second-order valence-electron chi connectivity index (χ2n) is 5.78. The van der Waals surface area contributed by atoms with Crippen molar-refractivity contribution in [3.8, 4) is 22.8 Å². The number of methoxy groups -OCH3 is 2. The lowest BCUT2D eigenvalue weighted by atomic mass is 9.96. The normalized spacial score (nSPS) is 15.6. The Morgan fingerprint density at radius 1 is 1.00 bits per heavy atom. The lowest BCUT2D eigenvalue weighted by molar-refractivity contribution is 0.0955. The van der Waals surface area contributed by atoms with E-state index in [9.17, 15) is 4.79 Å². The number of benzene rings is 2. The number of H-pyrrole nitrogens is 1. The number of carbonyl (C=O) groups excluding carboxylic acids is 1. The van der Waals surface area contributed by atoms with Crippen molar-refractivity contribution in [2.75, 3.05) is 14.2 Å². The minimum absolute atomic E-state index is 0.163. The van der Waals surface area contributed by atoms with E-state index >= 15 is 0 Å². The van der Waals surface area contributed by atoms with Crippen LogP contribution in [0.25, 0.3) is 11.3 Å². The van der Waals surface area contributed by atoms with Gasteiger partial charge in [0.15, 0.2) is 0 Å². The summed E-state index contributed by atoms with van der Waals surface area (Å²) in [5.74, 6) is 1.32. The first kappa shape index (κ1) is 15.3. The molecule has 6 heteroatoms. The van der Waals surface area contributed by atoms with Gasteiger partial charge in [-0.1, -0.05) is 24.3 Å². The topological polar surface area (TPSA) is 76.2 Å². The van der Waals surface area contributed by atoms with Crippen molar-refractivity contribution in [1.29, 1.82) is 0 Å². The van der Waals surface area contributed by atoms with Crippen molar-refractivity contribution < 1.29 is 14.3 Å². The molecule has 3 aromatic rings. The highest BCUT2D eigenvalue weighted by Gasteiger charge is 2.35. The van der Waals surface area contributed by atoms with Crippen LogP contribution >= 0.6 is 0 Å². The van der Waals surface area contributed by atoms with Gasteiger partial charge in [-0.25, -0.2) is 0 Å². The van der Waals surface area contributed by atoms with Gasteiger partial charge in [0.2, 0.25) is 0 Å². The molecule has 2 heterocycles. The smallest absolute Gasteiger partial charge is 0.270 e. The van der Waals surface area contributed by atoms with Crippen LogP contribution in [0.2, 0.25) is 0 Å². The molecule has 0 fully saturated rings. The summed E-state index contributed by atoms with van der Waals surface area (Å²) in [6.07, 6.45) is 0. The lowest BCUT2D eigenvalue weighted by Crippen LogP contribution is -2.21. The average molecular weight is 335 g/mol. The van der Waals surface area contributed by atoms with Crippen molar-refractivity contribution in [3.63, 3.8) is 0 Å². The summed E-state index contributed by atoms with van der Waals surface area (Å²) in [6, 6.07) is 15.0. The highest BCUT2D eigenvalue weighted by molar-refractivity contribution is 6.00. The van der Waals surface area contributed by atoms with E-state index in [4.69, 9.17) is 9.47 Å². The molecule has 2 aromatic carbocycles. The Kier molecular flexibility index (Phi) is 3.65. The summed E-state index contributed by atoms with van der Waals surface area (Å²) in [5, 5.41) is 10.3. The molecule has 2 N–H and O–H groups in total. The Labute approximate surface area is 144 Å². The molecule has 4 rings (SSSR count). The molecule has 1 atom stereocenters. The van der Waals surface area contributed by atoms with Crippen molar-refractivity contribution in [2.45, 2.75) is 6.04 Å². The Balaban J connectivity index is 1.84. The summed E-state index contributed by atoms with van der Waals surface area (Å²) in [5.41, 5.74) is 3.90. The summed E-state index contributed by atoms with van der Waals surface area (Å²) in [7, 11) is 3.25. The van der Waals surface area contributed by atoms with Gasteiger partial charge in [-0.3, -0.25) is 9.89 Å². The number of hydrogen-bond acceptors (Lipinski definition) is 4. The van der Waals surface area contributed by atoms with Gasteiger partial charge in [0.05, 0.1) is 26.0 Å². The van der Waals surface area contributed by atoms with Crippen LogP contribution in [-0.2, 0) is 0 Å². The van der Waals surface area contributed by atoms with Crippen LogP contribution < -0.4 is 14.8 Å². The second kappa shape index (κ2) is 5.98. The van der Waals surface area contributed by atoms with E-state index < -0.39 is 0 Å². The van der Waals surface area contributed by atoms with Crippen LogP contribution in [0.3, 0.4) is 0 Å². The van der Waals surface area contributed by atoms with E-state index in [0.717, 1.165) is 33.9 Å². The molecule has 1 unspecified atom stereocenters. The molecular weight excluding hydrogens is 318 g/mol. The molecule has 126 valence electrons. The molecule has 0 saturated heterocycles. The first-order valence-corrected chi connectivity index (χ1v) is 7.88. The standard InChI is InChI=1S/C19H17N3O3/c1-24-13-7-3-5-11(9-13)16-15-17(21-22-18(15)19(23)20-16)12-6-4-8-14(10-12)25-2/h3-10,16H,1-2H3,(H,20,23)(H,21,22). The molecule has 0 aliphatic carbocycles. The third kappa shape index (κ3) is 2.52. The van der Waals surface area contributed by atoms with Gasteiger partial charge in [0.1, 0.15) is 17.2 Å². The van der Waals surface area contributed by atoms with Crippen LogP contribution in [0.1, 0.15) is 27.7 Å². The third-order valence-electron chi connectivity index (χ3n) is 4.37. The van der Waals surface area contributed by atoms with E-state index in [0.29, 0.717) is 5.69 Å². The predicted octanol–water partition coefficient (Wildman–Crippen LogP) is 2.93. The Morgan fingerprint density at radius 2 is 1.72 bits per heavy atom. The second-order valence-corrected chi connectivity index (χ2v) is 5.78. The summed E-state index contributed by atoms with van der Waals surface area (Å²) >= 11 is 0. The van der Waals surface area contributed by atoms with E-state index in [-0.39, 0.29) is 11.9 Å². The summed E-state index contributed by atoms with van der Waals surface area (Å²) in [6.45, 7) is 0. The number of aromatic nitrogens is 2. The fourth-order valence-electron chi connectivity index (χ4n) is 3.14. The van der Waals surface area contributed by atoms with Crippen molar-refractivity contribution in [2.24, 2.45) is 0 Å². The fourth-order valence-corrected chi connectivity index (χ4v) is 3.14. The number of nitrogens with one attached hydrogen (secondary N) is 2. The molecule has 0 saturated carbocycles. The quantitative estimate of drug-likeness (QED) is 0.769. The molecule has 1 aromatic heterocycles. The number of amides is 1. The zero-order chi connectivity index (χ0) is 17.4. The van der Waals surface area contributed by atoms with Crippen LogP contribution in [0.5, 0.6) is 11.5 Å². The molecule has 1 aliphatic rings. The lowest BCUT2D eigenvalue weighted by Gasteiger charge is -2.14. The average Bonchev–Trinajstić information content (AvgIpc) is 3.23. The van der Waals surface area contributed by atoms with E-state index in [1.807, 2.05) is 48.5 Å². The van der Waals surface area contributed by atoms with E-state index in [2.05, 4.69) is 15.5 Å². The molecule has 1 aliphatic heterocycles. The maximum Gasteiger partial charge on any atom is 0.270 e. The van der Waals surface area contributed by atoms with Crippen LogP contribution in [-0.4, -0.2) is 30.3 Å². The number of fused-ring (bicyclic) bond motifs is 1. The van der Waals surface area contributed by atoms with E-state index in [1.54, 1.807) is 14.2 Å². The Hall–Kier alpha value is -3.28. The van der Waals surface area contributed by atoms with Gasteiger partial charge in [0.25, 0.3) is 5.91 Å². The predicted molar refractivity (Wildman–Crippen MR) is 92.9 cm³/mol. The number of hydrogen-bond donors (Lipinski definition) is 2. The molecule has 0 spiro atoms. The first-order valence-electron chi connectivity index (χ1n) is 7.88. The molecule has 0 radical (unpaired) electrons. The largest absolute Gasteiger partial charge is 0.497 e. The molecule has 25 heavy (non-hydrogen) atoms. The van der Waals surface area contributed by atoms with Crippen molar-refractivity contribution in [1.82, 2.24) is 15.5 Å². The number of ether oxygens (including phenoxy) is 2. The number of rotatable bonds is 4. The SMILES string of the molecule is COc1cccc(-c2n[nH]c3c2C(c2cccc(OC)c2)NC3=O)c1. The maximum absolute atomic E-state index is 12.3. The van der Waals surface area contributed by atoms with Crippen molar-refractivity contribution in [3.05, 3.63) is 65.4 Å². The third-order valence-corrected chi connectivity index (χ3v) is 4.37. The highest BCUT2D eigenvalue weighted by Crippen LogP contribution is 2.38. The molecular formula is C19H17N3O3. The van der Waals surface area contributed by atoms with Crippen LogP contribution in [0.4, 0.5) is 0 Å². The number of nitrogens with zero attached hydrogens (tertiary/aromatic N) is 1. The van der Waals surface area contributed by atoms with Crippen molar-refractivity contribution >= 4 is 5.91 Å². The number of carbonyl (C=O) groups is 1. The molecule has 6 nitrogen and oxygen atoms in total. The Morgan fingerprint density at radius 3 is 2.48 bits per heavy atom. The minimum atomic E-state index is -0.280. The Bertz CT molecular complexity index is 949. The number of aromatic amines is 1. The van der Waals surface area contributed by atoms with Crippen LogP contribution in [0.15, 0.2) is 48.5 Å². The zero-order valence-electron chi connectivity index (χ0n) is 13.9. The van der Waals surface area contributed by atoms with Gasteiger partial charge in [0, 0.05) is 11.1 Å². The minimum Gasteiger partial charge on any atom is -0.497 e. The zero-order valence-corrected chi connectivity index (χ0v) is 13.9. The molecule has 0 bridgehead atoms. The van der Waals surface area contributed by atoms with Gasteiger partial charge >= 0.3 is 0 Å².